The maximum absolute atomic E-state index is 12.6. The molecule has 0 spiro atoms. The molecule has 0 unspecified atom stereocenters. The standard InChI is InChI=1S/C12H13F4NO/c1-8(12(14,15)16)17-11(18)7-4-9-2-5-10(13)6-3-9/h2-3,5-6,8H,4,7H2,1H3,(H,17,18)/t8-/m0/s1. The molecule has 0 saturated carbocycles. The predicted octanol–water partition coefficient (Wildman–Crippen LogP) is 2.83. The summed E-state index contributed by atoms with van der Waals surface area (Å²) in [5.41, 5.74) is 0.700. The zero-order chi connectivity index (χ0) is 13.8. The topological polar surface area (TPSA) is 29.1 Å². The van der Waals surface area contributed by atoms with Gasteiger partial charge in [-0.3, -0.25) is 4.79 Å². The Bertz CT molecular complexity index is 400. The summed E-state index contributed by atoms with van der Waals surface area (Å²) in [6.07, 6.45) is -4.23. The first-order chi connectivity index (χ1) is 8.29. The van der Waals surface area contributed by atoms with Crippen molar-refractivity contribution in [3.63, 3.8) is 0 Å². The van der Waals surface area contributed by atoms with Gasteiger partial charge in [-0.05, 0) is 31.0 Å². The van der Waals surface area contributed by atoms with E-state index >= 15 is 0 Å². The fourth-order valence-corrected chi connectivity index (χ4v) is 1.30. The molecule has 0 bridgehead atoms. The maximum atomic E-state index is 12.6. The first kappa shape index (κ1) is 14.5. The number of carbonyl (C=O) groups is 1. The van der Waals surface area contributed by atoms with Crippen molar-refractivity contribution >= 4 is 5.91 Å². The van der Waals surface area contributed by atoms with Crippen molar-refractivity contribution in [3.05, 3.63) is 35.6 Å². The van der Waals surface area contributed by atoms with Gasteiger partial charge in [-0.25, -0.2) is 4.39 Å². The van der Waals surface area contributed by atoms with Crippen LogP contribution < -0.4 is 5.32 Å². The molecule has 0 fully saturated rings. The second-order valence-electron chi connectivity index (χ2n) is 3.96. The highest BCUT2D eigenvalue weighted by atomic mass is 19.4. The van der Waals surface area contributed by atoms with E-state index in [2.05, 4.69) is 0 Å². The van der Waals surface area contributed by atoms with Crippen LogP contribution in [0.2, 0.25) is 0 Å². The van der Waals surface area contributed by atoms with Crippen LogP contribution in [0.25, 0.3) is 0 Å². The van der Waals surface area contributed by atoms with E-state index in [1.165, 1.54) is 24.3 Å². The zero-order valence-electron chi connectivity index (χ0n) is 9.72. The minimum atomic E-state index is -4.44. The van der Waals surface area contributed by atoms with E-state index in [1.807, 2.05) is 5.32 Å². The lowest BCUT2D eigenvalue weighted by molar-refractivity contribution is -0.158. The molecule has 6 heteroatoms. The van der Waals surface area contributed by atoms with Crippen molar-refractivity contribution in [2.75, 3.05) is 0 Å². The molecule has 1 aromatic rings. The summed E-state index contributed by atoms with van der Waals surface area (Å²) in [4.78, 5) is 11.3. The third-order valence-corrected chi connectivity index (χ3v) is 2.42. The Labute approximate surface area is 102 Å². The smallest absolute Gasteiger partial charge is 0.345 e. The molecule has 100 valence electrons. The van der Waals surface area contributed by atoms with E-state index in [0.29, 0.717) is 5.56 Å². The Morgan fingerprint density at radius 1 is 1.28 bits per heavy atom. The van der Waals surface area contributed by atoms with Crippen LogP contribution in [0.3, 0.4) is 0 Å². The highest BCUT2D eigenvalue weighted by Crippen LogP contribution is 2.19. The van der Waals surface area contributed by atoms with Gasteiger partial charge >= 0.3 is 6.18 Å². The van der Waals surface area contributed by atoms with Gasteiger partial charge in [0.1, 0.15) is 11.9 Å². The number of hydrogen-bond donors (Lipinski definition) is 1. The van der Waals surface area contributed by atoms with Crippen LogP contribution in [0.4, 0.5) is 17.6 Å². The summed E-state index contributed by atoms with van der Waals surface area (Å²) in [6.45, 7) is 0.885. The lowest BCUT2D eigenvalue weighted by Gasteiger charge is -2.17. The molecule has 1 N–H and O–H groups in total. The minimum Gasteiger partial charge on any atom is -0.345 e. The van der Waals surface area contributed by atoms with Gasteiger partial charge in [-0.15, -0.1) is 0 Å². The Balaban J connectivity index is 2.40. The summed E-state index contributed by atoms with van der Waals surface area (Å²) >= 11 is 0. The number of halogens is 4. The monoisotopic (exact) mass is 263 g/mol. The normalized spacial score (nSPS) is 13.2. The Morgan fingerprint density at radius 3 is 2.33 bits per heavy atom. The molecule has 1 amide bonds. The Hall–Kier alpha value is -1.59. The van der Waals surface area contributed by atoms with E-state index in [4.69, 9.17) is 0 Å². The SMILES string of the molecule is C[C@H](NC(=O)CCc1ccc(F)cc1)C(F)(F)F. The first-order valence-corrected chi connectivity index (χ1v) is 5.39. The number of carbonyl (C=O) groups excluding carboxylic acids is 1. The van der Waals surface area contributed by atoms with Crippen LogP contribution in [-0.2, 0) is 11.2 Å². The average Bonchev–Trinajstić information content (AvgIpc) is 2.27. The van der Waals surface area contributed by atoms with Crippen LogP contribution in [0.15, 0.2) is 24.3 Å². The van der Waals surface area contributed by atoms with E-state index in [1.54, 1.807) is 0 Å². The van der Waals surface area contributed by atoms with Crippen LogP contribution in [0.5, 0.6) is 0 Å². The van der Waals surface area contributed by atoms with Gasteiger partial charge in [0.2, 0.25) is 5.91 Å². The largest absolute Gasteiger partial charge is 0.408 e. The Morgan fingerprint density at radius 2 is 1.83 bits per heavy atom. The highest BCUT2D eigenvalue weighted by molar-refractivity contribution is 5.76. The molecule has 0 aliphatic heterocycles. The lowest BCUT2D eigenvalue weighted by Crippen LogP contribution is -2.43. The van der Waals surface area contributed by atoms with Crippen molar-refractivity contribution < 1.29 is 22.4 Å². The molecule has 0 aliphatic rings. The zero-order valence-corrected chi connectivity index (χ0v) is 9.72. The van der Waals surface area contributed by atoms with Crippen molar-refractivity contribution in [1.82, 2.24) is 5.32 Å². The van der Waals surface area contributed by atoms with Gasteiger partial charge in [-0.1, -0.05) is 12.1 Å². The molecule has 0 aromatic heterocycles. The van der Waals surface area contributed by atoms with Crippen molar-refractivity contribution in [2.24, 2.45) is 0 Å². The van der Waals surface area contributed by atoms with Crippen LogP contribution >= 0.6 is 0 Å². The molecule has 2 nitrogen and oxygen atoms in total. The molecule has 0 aliphatic carbocycles. The van der Waals surface area contributed by atoms with Crippen LogP contribution in [0.1, 0.15) is 18.9 Å². The molecule has 0 saturated heterocycles. The summed E-state index contributed by atoms with van der Waals surface area (Å²) in [5, 5.41) is 1.86. The lowest BCUT2D eigenvalue weighted by atomic mass is 10.1. The number of alkyl halides is 3. The number of rotatable bonds is 4. The second kappa shape index (κ2) is 5.84. The maximum Gasteiger partial charge on any atom is 0.408 e. The van der Waals surface area contributed by atoms with Gasteiger partial charge in [-0.2, -0.15) is 13.2 Å². The molecule has 0 radical (unpaired) electrons. The fraction of sp³-hybridized carbons (Fsp3) is 0.417. The predicted molar refractivity (Wildman–Crippen MR) is 58.4 cm³/mol. The molecular weight excluding hydrogens is 250 g/mol. The van der Waals surface area contributed by atoms with Crippen LogP contribution in [-0.4, -0.2) is 18.1 Å². The second-order valence-corrected chi connectivity index (χ2v) is 3.96. The quantitative estimate of drug-likeness (QED) is 0.831. The molecule has 0 heterocycles. The summed E-state index contributed by atoms with van der Waals surface area (Å²) in [5.74, 6) is -1.07. The molecular formula is C12H13F4NO. The van der Waals surface area contributed by atoms with E-state index in [-0.39, 0.29) is 12.8 Å². The van der Waals surface area contributed by atoms with E-state index in [0.717, 1.165) is 6.92 Å². The summed E-state index contributed by atoms with van der Waals surface area (Å²) < 4.78 is 49.1. The highest BCUT2D eigenvalue weighted by Gasteiger charge is 2.36. The third-order valence-electron chi connectivity index (χ3n) is 2.42. The van der Waals surface area contributed by atoms with E-state index < -0.39 is 23.9 Å². The molecule has 1 atom stereocenters. The van der Waals surface area contributed by atoms with Crippen molar-refractivity contribution in [1.29, 1.82) is 0 Å². The van der Waals surface area contributed by atoms with Crippen molar-refractivity contribution in [3.8, 4) is 0 Å². The summed E-state index contributed by atoms with van der Waals surface area (Å²) in [7, 11) is 0. The minimum absolute atomic E-state index is 0.0634. The number of benzene rings is 1. The summed E-state index contributed by atoms with van der Waals surface area (Å²) in [6, 6.07) is 3.61. The number of hydrogen-bond acceptors (Lipinski definition) is 1. The number of aryl methyl sites for hydroxylation is 1. The molecule has 1 rings (SSSR count). The van der Waals surface area contributed by atoms with Crippen molar-refractivity contribution in [2.45, 2.75) is 32.0 Å². The third kappa shape index (κ3) is 4.73. The van der Waals surface area contributed by atoms with Crippen LogP contribution in [0, 0.1) is 5.82 Å². The van der Waals surface area contributed by atoms with Gasteiger partial charge in [0, 0.05) is 6.42 Å². The van der Waals surface area contributed by atoms with Gasteiger partial charge < -0.3 is 5.32 Å². The van der Waals surface area contributed by atoms with E-state index in [9.17, 15) is 22.4 Å². The molecule has 1 aromatic carbocycles. The van der Waals surface area contributed by atoms with Gasteiger partial charge in [0.15, 0.2) is 0 Å². The fourth-order valence-electron chi connectivity index (χ4n) is 1.30. The average molecular weight is 263 g/mol. The Kier molecular flexibility index (Phi) is 4.69. The van der Waals surface area contributed by atoms with Gasteiger partial charge in [0.25, 0.3) is 0 Å². The molecule has 18 heavy (non-hydrogen) atoms. The number of nitrogens with one attached hydrogen (secondary N) is 1. The first-order valence-electron chi connectivity index (χ1n) is 5.39. The number of amides is 1. The van der Waals surface area contributed by atoms with Gasteiger partial charge in [0.05, 0.1) is 0 Å².